The molecule has 2 aromatic carbocycles. The minimum Gasteiger partial charge on any atom is -0.482 e. The van der Waals surface area contributed by atoms with Gasteiger partial charge in [-0.2, -0.15) is 5.26 Å². The summed E-state index contributed by atoms with van der Waals surface area (Å²) < 4.78 is 35.7. The first-order valence-corrected chi connectivity index (χ1v) is 29.4. The minimum atomic E-state index is -1.86. The number of carboxylic acid groups (broad SMARTS) is 1. The van der Waals surface area contributed by atoms with Crippen molar-refractivity contribution >= 4 is 5.97 Å². The predicted octanol–water partition coefficient (Wildman–Crippen LogP) is 8.28. The summed E-state index contributed by atoms with van der Waals surface area (Å²) in [5.41, 5.74) is 0.342. The van der Waals surface area contributed by atoms with Crippen molar-refractivity contribution in [3.63, 3.8) is 0 Å². The summed E-state index contributed by atoms with van der Waals surface area (Å²) in [5, 5.41) is 93.2. The van der Waals surface area contributed by atoms with Gasteiger partial charge in [-0.15, -0.1) is 6.58 Å². The molecule has 15 nitrogen and oxygen atoms in total. The maximum absolute atomic E-state index is 13.9. The van der Waals surface area contributed by atoms with Crippen LogP contribution in [-0.4, -0.2) is 121 Å². The molecule has 80 heavy (non-hydrogen) atoms. The Morgan fingerprint density at radius 1 is 1.04 bits per heavy atom. The summed E-state index contributed by atoms with van der Waals surface area (Å²) in [6, 6.07) is 16.3. The van der Waals surface area contributed by atoms with E-state index in [1.807, 2.05) is 41.0 Å². The molecule has 4 aliphatic heterocycles. The Morgan fingerprint density at radius 2 is 1.84 bits per heavy atom. The lowest BCUT2D eigenvalue weighted by Gasteiger charge is -2.59. The van der Waals surface area contributed by atoms with Gasteiger partial charge in [-0.1, -0.05) is 75.0 Å². The number of methoxy groups -OCH3 is 1. The third kappa shape index (κ3) is 10.7. The van der Waals surface area contributed by atoms with Crippen molar-refractivity contribution in [2.24, 2.45) is 40.4 Å². The molecule has 8 aliphatic rings. The number of hydrogen-bond donors (Lipinski definition) is 7. The molecule has 15 atom stereocenters. The van der Waals surface area contributed by atoms with Crippen LogP contribution in [0.1, 0.15) is 142 Å². The van der Waals surface area contributed by atoms with E-state index in [4.69, 9.17) is 23.7 Å². The van der Waals surface area contributed by atoms with Crippen LogP contribution < -0.4 is 4.74 Å². The molecule has 430 valence electrons. The molecule has 1 saturated heterocycles. The van der Waals surface area contributed by atoms with Crippen LogP contribution in [0.2, 0.25) is 0 Å². The Bertz CT molecular complexity index is 2860. The van der Waals surface area contributed by atoms with Crippen LogP contribution in [0.15, 0.2) is 97.1 Å². The second-order valence-corrected chi connectivity index (χ2v) is 24.5. The maximum Gasteiger partial charge on any atom is 0.335 e. The van der Waals surface area contributed by atoms with Gasteiger partial charge in [-0.25, -0.2) is 4.79 Å². The molecule has 4 fully saturated rings. The van der Waals surface area contributed by atoms with E-state index in [1.165, 1.54) is 0 Å². The van der Waals surface area contributed by atoms with Crippen molar-refractivity contribution in [3.05, 3.63) is 125 Å². The van der Waals surface area contributed by atoms with E-state index in [2.05, 4.69) is 43.8 Å². The van der Waals surface area contributed by atoms with E-state index in [9.17, 15) is 45.8 Å². The van der Waals surface area contributed by atoms with Crippen molar-refractivity contribution < 1.29 is 64.2 Å². The maximum atomic E-state index is 13.9. The summed E-state index contributed by atoms with van der Waals surface area (Å²) in [7, 11) is 1.61. The highest BCUT2D eigenvalue weighted by atomic mass is 16.7. The fraction of sp³-hybridized carbons (Fsp3) is 0.600. The largest absolute Gasteiger partial charge is 0.482 e. The van der Waals surface area contributed by atoms with Crippen LogP contribution in [0.3, 0.4) is 0 Å². The molecule has 1 aromatic heterocycles. The Hall–Kier alpha value is -5.46. The number of benzene rings is 2. The number of aromatic nitrogens is 1. The van der Waals surface area contributed by atoms with E-state index < -0.39 is 71.4 Å². The third-order valence-electron chi connectivity index (χ3n) is 19.9. The van der Waals surface area contributed by atoms with Gasteiger partial charge in [0.15, 0.2) is 5.60 Å². The zero-order chi connectivity index (χ0) is 56.4. The van der Waals surface area contributed by atoms with E-state index in [1.54, 1.807) is 37.7 Å². The molecule has 3 aromatic rings. The van der Waals surface area contributed by atoms with Gasteiger partial charge in [0.1, 0.15) is 48.1 Å². The van der Waals surface area contributed by atoms with Crippen LogP contribution in [0.5, 0.6) is 5.75 Å². The molecule has 15 heteroatoms. The molecule has 4 aliphatic carbocycles. The molecule has 0 unspecified atom stereocenters. The minimum absolute atomic E-state index is 0.00490. The van der Waals surface area contributed by atoms with Crippen LogP contribution in [-0.2, 0) is 38.2 Å². The summed E-state index contributed by atoms with van der Waals surface area (Å²) in [5.74, 6) is 2.09. The number of nitrogens with zero attached hydrogens (tertiary/aromatic N) is 2. The van der Waals surface area contributed by atoms with E-state index >= 15 is 0 Å². The van der Waals surface area contributed by atoms with Gasteiger partial charge in [-0.05, 0) is 152 Å². The zero-order valence-electron chi connectivity index (χ0n) is 46.5. The van der Waals surface area contributed by atoms with Crippen molar-refractivity contribution in [1.29, 1.82) is 5.26 Å². The normalized spacial score (nSPS) is 33.5. The van der Waals surface area contributed by atoms with Crippen molar-refractivity contribution in [3.8, 4) is 23.8 Å². The number of nitriles is 1. The SMILES string of the molecule is C=CCc1ccc(O[C@H]2O[C@H]3[C@@H](O)[C@H](O)[C@]24C[C@@H]([C@@H](O)CC#CO[C@H]3CCCO)[C@]23C[C@H](C=CC2=C(CCCCC)O4)[C@H]2C4(CCCC4)[C@@H](Cc4ccc(C(=O)O)cc4)C[C@]2(O)C3)cc1C[C@H](COC)[C@@H](CO)n1ccc(C#N)c1. The highest BCUT2D eigenvalue weighted by Crippen LogP contribution is 2.73. The first-order valence-electron chi connectivity index (χ1n) is 29.4. The number of allylic oxidation sites excluding steroid dienone is 5. The number of carboxylic acids is 1. The smallest absolute Gasteiger partial charge is 0.335 e. The quantitative estimate of drug-likeness (QED) is 0.0302. The van der Waals surface area contributed by atoms with Crippen molar-refractivity contribution in [2.75, 3.05) is 26.9 Å². The van der Waals surface area contributed by atoms with Gasteiger partial charge < -0.3 is 64.0 Å². The lowest BCUT2D eigenvalue weighted by Crippen LogP contribution is -2.71. The van der Waals surface area contributed by atoms with Crippen LogP contribution in [0.25, 0.3) is 0 Å². The number of fused-ring (bicyclic) bond motifs is 10. The number of unbranched alkanes of at least 4 members (excludes halogenated alkanes) is 2. The molecular weight excluding hydrogens is 1020 g/mol. The fourth-order valence-electron chi connectivity index (χ4n) is 16.5. The number of hydrogen-bond acceptors (Lipinski definition) is 13. The van der Waals surface area contributed by atoms with Crippen LogP contribution >= 0.6 is 0 Å². The lowest BCUT2D eigenvalue weighted by molar-refractivity contribution is -0.337. The Balaban J connectivity index is 1.09. The molecule has 11 rings (SSSR count). The van der Waals surface area contributed by atoms with Crippen LogP contribution in [0, 0.1) is 63.8 Å². The number of ether oxygens (including phenoxy) is 5. The Morgan fingerprint density at radius 3 is 2.54 bits per heavy atom. The number of aliphatic hydroxyl groups excluding tert-OH is 5. The average molecular weight is 1100 g/mol. The number of rotatable bonds is 21. The van der Waals surface area contributed by atoms with Crippen LogP contribution in [0.4, 0.5) is 0 Å². The summed E-state index contributed by atoms with van der Waals surface area (Å²) in [6.07, 6.45) is 15.3. The third-order valence-corrected chi connectivity index (χ3v) is 19.9. The van der Waals surface area contributed by atoms with Crippen molar-refractivity contribution in [2.45, 2.75) is 177 Å². The molecule has 0 radical (unpaired) electrons. The Kier molecular flexibility index (Phi) is 17.4. The first-order chi connectivity index (χ1) is 38.7. The van der Waals surface area contributed by atoms with Gasteiger partial charge in [0, 0.05) is 56.7 Å². The topological polar surface area (TPSA) is 234 Å². The standard InChI is InChI=1S/C65H82N2O13/c1-4-6-7-14-54-50-23-21-45-33-63(50,40-64(75)34-48(62(58(45)64)25-8-9-26-62)30-41-16-18-44(19-17-41)60(73)74)51-35-65(80-54)59(72)56(71)57(55(15-10-28-68)77-29-11-13-53(51)70)79-61(65)78-49-22-20-43(12-5-2)46(32-49)31-47(39-76-3)52(38-69)67-27-24-42(36-66)37-67/h5,16-24,27,32,37,45,47-48,51-53,55-59,61,68-72,75H,2,4,6-10,12-15,25-26,28,30-31,33-35,38-40H2,1,3H3,(H,73,74)/t45-,47+,48-,51-,52+,53-,55-,56+,57+,58-,59-,61-,63-,64-,65+/m0/s1. The number of carbonyl (C=O) groups is 1. The molecule has 5 heterocycles. The first kappa shape index (κ1) is 57.8. The lowest BCUT2D eigenvalue weighted by atomic mass is 9.46. The Labute approximate surface area is 470 Å². The molecule has 7 N–H and O–H groups in total. The van der Waals surface area contributed by atoms with Crippen molar-refractivity contribution in [1.82, 2.24) is 4.57 Å². The second-order valence-electron chi connectivity index (χ2n) is 24.5. The molecule has 3 saturated carbocycles. The molecular formula is C65H82N2O13. The predicted molar refractivity (Wildman–Crippen MR) is 298 cm³/mol. The van der Waals surface area contributed by atoms with E-state index in [-0.39, 0.29) is 80.2 Å². The summed E-state index contributed by atoms with van der Waals surface area (Å²) in [4.78, 5) is 11.9. The monoisotopic (exact) mass is 1100 g/mol. The molecule has 0 amide bonds. The van der Waals surface area contributed by atoms with E-state index in [0.717, 1.165) is 67.2 Å². The van der Waals surface area contributed by atoms with Gasteiger partial charge >= 0.3 is 5.97 Å². The van der Waals surface area contributed by atoms with Gasteiger partial charge in [0.05, 0.1) is 42.1 Å². The van der Waals surface area contributed by atoms with Gasteiger partial charge in [0.25, 0.3) is 0 Å². The number of aromatic carboxylic acids is 1. The number of aliphatic hydroxyl groups is 6. The second kappa shape index (κ2) is 24.2. The summed E-state index contributed by atoms with van der Waals surface area (Å²) >= 11 is 0. The highest BCUT2D eigenvalue weighted by Gasteiger charge is 2.72. The summed E-state index contributed by atoms with van der Waals surface area (Å²) in [6.45, 7) is 6.08. The van der Waals surface area contributed by atoms with Gasteiger partial charge in [0.2, 0.25) is 6.29 Å². The molecule has 3 spiro atoms. The molecule has 5 bridgehead atoms. The fourth-order valence-corrected chi connectivity index (χ4v) is 16.5. The average Bonchev–Trinajstić information content (AvgIpc) is 3.64. The highest BCUT2D eigenvalue weighted by molar-refractivity contribution is 5.87. The van der Waals surface area contributed by atoms with E-state index in [0.29, 0.717) is 62.0 Å². The zero-order valence-corrected chi connectivity index (χ0v) is 46.5. The van der Waals surface area contributed by atoms with Gasteiger partial charge in [-0.3, -0.25) is 0 Å².